The molecule has 3 aliphatic rings. The topological polar surface area (TPSA) is 28.0 Å². The number of rotatable bonds is 5. The fourth-order valence-electron chi connectivity index (χ4n) is 27.8. The van der Waals surface area contributed by atoms with Crippen LogP contribution in [0.15, 0.2) is 473 Å². The van der Waals surface area contributed by atoms with Crippen LogP contribution >= 0.6 is 0 Å². The first-order valence-electron chi connectivity index (χ1n) is 50.4. The van der Waals surface area contributed by atoms with Gasteiger partial charge in [0.25, 0.3) is 0 Å². The number of aromatic nitrogens is 6. The van der Waals surface area contributed by atoms with E-state index >= 15 is 0 Å². The zero-order chi connectivity index (χ0) is 94.0. The van der Waals surface area contributed by atoms with Gasteiger partial charge < -0.3 is 26.9 Å². The van der Waals surface area contributed by atoms with Gasteiger partial charge >= 0.3 is 0 Å². The highest BCUT2D eigenvalue weighted by atomic mass is 15.0. The number of nitrogens with zero attached hydrogens (tertiary/aromatic N) is 6. The van der Waals surface area contributed by atoms with E-state index in [1.807, 2.05) is 0 Å². The van der Waals surface area contributed by atoms with Gasteiger partial charge in [0.05, 0.1) is 93.9 Å². The van der Waals surface area contributed by atoms with Crippen molar-refractivity contribution in [2.24, 2.45) is 0 Å². The second-order valence-electron chi connectivity index (χ2n) is 40.6. The summed E-state index contributed by atoms with van der Waals surface area (Å²) in [6, 6.07) is 176. The summed E-state index contributed by atoms with van der Waals surface area (Å²) in [5, 5.41) is 28.5. The molecule has 9 aromatic heterocycles. The van der Waals surface area contributed by atoms with Gasteiger partial charge in [-0.25, -0.2) is 0 Å². The molecular formula is C140H92N6. The summed E-state index contributed by atoms with van der Waals surface area (Å²) in [7, 11) is 0. The third-order valence-electron chi connectivity index (χ3n) is 33.5. The molecule has 35 rings (SSSR count). The van der Waals surface area contributed by atoms with Crippen molar-refractivity contribution in [3.63, 3.8) is 0 Å². The van der Waals surface area contributed by atoms with Crippen LogP contribution in [0, 0.1) is 0 Å². The van der Waals surface area contributed by atoms with Crippen molar-refractivity contribution in [3.05, 3.63) is 507 Å². The molecule has 0 saturated heterocycles. The number of hydrogen-bond donors (Lipinski definition) is 0. The first-order chi connectivity index (χ1) is 71.3. The van der Waals surface area contributed by atoms with Crippen molar-refractivity contribution < 1.29 is 0 Å². The Morgan fingerprint density at radius 1 is 0.171 bits per heavy atom. The maximum atomic E-state index is 2.60. The van der Waals surface area contributed by atoms with E-state index in [0.717, 1.165) is 5.69 Å². The highest BCUT2D eigenvalue weighted by molar-refractivity contribution is 6.38. The number of fused-ring (bicyclic) bond motifs is 34. The van der Waals surface area contributed by atoms with Crippen LogP contribution < -0.4 is 0 Å². The predicted molar refractivity (Wildman–Crippen MR) is 620 cm³/mol. The van der Waals surface area contributed by atoms with E-state index in [-0.39, 0.29) is 25.7 Å². The van der Waals surface area contributed by atoms with E-state index in [0.29, 0.717) is 0 Å². The second-order valence-corrected chi connectivity index (χ2v) is 40.6. The summed E-state index contributed by atoms with van der Waals surface area (Å²) in [6.07, 6.45) is 0. The monoisotopic (exact) mass is 1860 g/mol. The lowest BCUT2D eigenvalue weighted by molar-refractivity contribution is 0.661. The van der Waals surface area contributed by atoms with Crippen molar-refractivity contribution in [2.45, 2.75) is 39.5 Å². The SMILES string of the molecule is C.C.CC1(C)c2ccccc2-c2c1cc1ccccc1c2-n1c2cccc3c4ccccc4n4c5ccccc5c5ccc1c(c32)c54.c1ccc(-c2ccccc2-c2ccc(-n3c4cccc5c6ccccc6n6c7c8ccccc8ccc7c7ccc3c(c54)c76)cc2)cc1.c1ccc2c(c1)-c1ccccc1C21c2ccccc2-c2ccc(-n3c4cccc5c6ccccc6n6c7ccccc7c7ccc3c(c54)c76)cc21. The summed E-state index contributed by atoms with van der Waals surface area (Å²) in [6.45, 7) is 4.77. The summed E-state index contributed by atoms with van der Waals surface area (Å²) >= 11 is 0. The van der Waals surface area contributed by atoms with E-state index in [2.05, 4.69) is 514 Å². The van der Waals surface area contributed by atoms with Crippen molar-refractivity contribution in [3.8, 4) is 72.7 Å². The third kappa shape index (κ3) is 10.5. The Hall–Kier alpha value is -18.6. The molecule has 0 saturated carbocycles. The molecule has 0 radical (unpaired) electrons. The molecule has 3 aliphatic carbocycles. The van der Waals surface area contributed by atoms with E-state index in [1.165, 1.54) is 302 Å². The molecule has 0 amide bonds. The van der Waals surface area contributed by atoms with Gasteiger partial charge in [0.15, 0.2) is 0 Å². The van der Waals surface area contributed by atoms with Gasteiger partial charge in [0, 0.05) is 114 Å². The van der Waals surface area contributed by atoms with Crippen molar-refractivity contribution in [1.82, 2.24) is 26.9 Å². The van der Waals surface area contributed by atoms with Crippen molar-refractivity contribution >= 4 is 201 Å². The van der Waals surface area contributed by atoms with Crippen molar-refractivity contribution in [2.75, 3.05) is 0 Å². The van der Waals surface area contributed by atoms with E-state index in [1.54, 1.807) is 0 Å². The molecule has 0 unspecified atom stereocenters. The molecule has 0 aliphatic heterocycles. The second kappa shape index (κ2) is 30.0. The summed E-state index contributed by atoms with van der Waals surface area (Å²) < 4.78 is 15.2. The van der Waals surface area contributed by atoms with Crippen LogP contribution in [0.1, 0.15) is 62.1 Å². The van der Waals surface area contributed by atoms with Gasteiger partial charge in [-0.15, -0.1) is 0 Å². The Morgan fingerprint density at radius 3 is 1.01 bits per heavy atom. The smallest absolute Gasteiger partial charge is 0.0726 e. The minimum atomic E-state index is -0.386. The molecule has 6 heteroatoms. The molecule has 0 atom stereocenters. The highest BCUT2D eigenvalue weighted by Crippen LogP contribution is 2.64. The van der Waals surface area contributed by atoms with Crippen LogP contribution in [0.4, 0.5) is 0 Å². The molecule has 23 aromatic carbocycles. The van der Waals surface area contributed by atoms with E-state index in [9.17, 15) is 0 Å². The molecule has 682 valence electrons. The Bertz CT molecular complexity index is 11200. The quantitative estimate of drug-likeness (QED) is 0.164. The van der Waals surface area contributed by atoms with Gasteiger partial charge in [-0.1, -0.05) is 405 Å². The summed E-state index contributed by atoms with van der Waals surface area (Å²) in [4.78, 5) is 0. The summed E-state index contributed by atoms with van der Waals surface area (Å²) in [5.74, 6) is 0. The van der Waals surface area contributed by atoms with Crippen molar-refractivity contribution in [1.29, 1.82) is 0 Å². The lowest BCUT2D eigenvalue weighted by atomic mass is 9.70. The lowest BCUT2D eigenvalue weighted by Crippen LogP contribution is -2.26. The Kier molecular flexibility index (Phi) is 16.9. The summed E-state index contributed by atoms with van der Waals surface area (Å²) in [5.41, 5.74) is 43.2. The van der Waals surface area contributed by atoms with Gasteiger partial charge in [0.1, 0.15) is 0 Å². The Morgan fingerprint density at radius 2 is 0.500 bits per heavy atom. The normalized spacial score (nSPS) is 13.3. The molecule has 0 fully saturated rings. The third-order valence-corrected chi connectivity index (χ3v) is 33.5. The van der Waals surface area contributed by atoms with Gasteiger partial charge in [-0.05, 0) is 207 Å². The average Bonchev–Trinajstić information content (AvgIpc) is 1.51. The fourth-order valence-corrected chi connectivity index (χ4v) is 27.8. The van der Waals surface area contributed by atoms with Crippen LogP contribution in [0.3, 0.4) is 0 Å². The fraction of sp³-hybridized carbons (Fsp3) is 0.0429. The van der Waals surface area contributed by atoms with E-state index in [4.69, 9.17) is 0 Å². The predicted octanol–water partition coefficient (Wildman–Crippen LogP) is 37.4. The largest absolute Gasteiger partial charge is 0.309 e. The standard InChI is InChI=1S/C49H28N2.C46H28N2.C43H28N2.2CH4/c1-6-18-38-30(12-1)31-13-2-7-19-39(31)49(38)40-20-8-3-14-32(40)33-25-24-29(28-41(33)49)50-44-23-11-17-36-34-15-4-9-21-42(34)51-43-22-10-5-16-35(43)37-26-27-45(50)47(46(36)44)48(37)51;1-2-11-29(12-3-1)33-14-6-7-15-34(33)31-21-24-32(25-22-31)47-41-20-10-18-37-36-17-8-9-19-40(36)48-45-35-16-5-4-13-30(35)23-26-38(45)39-27-28-42(47)44(43(37)41)46(39)48;1-43(2)32-18-8-5-16-31(32)38-33(43)24-25-12-3-4-13-26(25)41(38)45-36-21-11-17-29-27-14-6-9-19-34(27)44-35-20-10-7-15-28(35)30-22-23-37(45)40(39(29)36)42(30)44;;/h1-28H;1-28H;3-24H,1-2H3;2*1H4. The van der Waals surface area contributed by atoms with Crippen LogP contribution in [-0.4, -0.2) is 26.9 Å². The Labute approximate surface area is 840 Å². The van der Waals surface area contributed by atoms with Crippen LogP contribution in [0.25, 0.3) is 274 Å². The Balaban J connectivity index is 0.0000000990. The van der Waals surface area contributed by atoms with Gasteiger partial charge in [0.2, 0.25) is 0 Å². The minimum absolute atomic E-state index is 0. The molecule has 1 spiro atoms. The lowest BCUT2D eigenvalue weighted by Gasteiger charge is -2.30. The highest BCUT2D eigenvalue weighted by Gasteiger charge is 2.52. The average molecular weight is 1860 g/mol. The molecule has 0 N–H and O–H groups in total. The van der Waals surface area contributed by atoms with Gasteiger partial charge in [-0.3, -0.25) is 0 Å². The number of hydrogen-bond acceptors (Lipinski definition) is 0. The van der Waals surface area contributed by atoms with Crippen LogP contribution in [0.5, 0.6) is 0 Å². The first-order valence-corrected chi connectivity index (χ1v) is 50.4. The zero-order valence-corrected chi connectivity index (χ0v) is 78.7. The van der Waals surface area contributed by atoms with Crippen LogP contribution in [0.2, 0.25) is 0 Å². The maximum Gasteiger partial charge on any atom is 0.0726 e. The van der Waals surface area contributed by atoms with Gasteiger partial charge in [-0.2, -0.15) is 0 Å². The molecule has 6 nitrogen and oxygen atoms in total. The maximum absolute atomic E-state index is 2.60. The molecule has 32 aromatic rings. The zero-order valence-electron chi connectivity index (χ0n) is 78.7. The first kappa shape index (κ1) is 82.1. The van der Waals surface area contributed by atoms with E-state index < -0.39 is 0 Å². The van der Waals surface area contributed by atoms with Crippen LogP contribution in [-0.2, 0) is 10.8 Å². The minimum Gasteiger partial charge on any atom is -0.309 e. The number of benzene rings is 23. The molecule has 0 bridgehead atoms. The molecular weight excluding hydrogens is 1770 g/mol. The molecule has 146 heavy (non-hydrogen) atoms. The number of para-hydroxylation sites is 5. The molecule has 9 heterocycles.